The van der Waals surface area contributed by atoms with Crippen molar-refractivity contribution in [2.24, 2.45) is 5.92 Å². The lowest BCUT2D eigenvalue weighted by molar-refractivity contribution is -0.134. The Balaban J connectivity index is 1.71. The monoisotopic (exact) mass is 311 g/mol. The molecule has 116 valence electrons. The molecule has 0 unspecified atom stereocenters. The Morgan fingerprint density at radius 2 is 1.95 bits per heavy atom. The number of amides is 1. The Bertz CT molecular complexity index is 441. The molecule has 1 aromatic rings. The molecule has 1 aliphatic heterocycles. The summed E-state index contributed by atoms with van der Waals surface area (Å²) in [6.45, 7) is 2.52. The summed E-state index contributed by atoms with van der Waals surface area (Å²) in [5.41, 5.74) is 0. The van der Waals surface area contributed by atoms with Gasteiger partial charge < -0.3 is 14.4 Å². The standard InChI is InChI=1S/C16H22ClNO3/c1-20-11-8-13-6-9-18(10-7-13)16(19)12-21-15-4-2-14(17)3-5-15/h2-5,13H,6-12H2,1H3. The highest BCUT2D eigenvalue weighted by Gasteiger charge is 2.22. The molecule has 4 nitrogen and oxygen atoms in total. The van der Waals surface area contributed by atoms with Crippen LogP contribution in [-0.4, -0.2) is 44.2 Å². The van der Waals surface area contributed by atoms with E-state index in [1.807, 2.05) is 4.90 Å². The molecule has 0 aliphatic carbocycles. The summed E-state index contributed by atoms with van der Waals surface area (Å²) in [6.07, 6.45) is 3.19. The van der Waals surface area contributed by atoms with Gasteiger partial charge in [0.05, 0.1) is 0 Å². The van der Waals surface area contributed by atoms with Crippen molar-refractivity contribution in [3.63, 3.8) is 0 Å². The zero-order chi connectivity index (χ0) is 15.1. The van der Waals surface area contributed by atoms with Crippen LogP contribution in [0.1, 0.15) is 19.3 Å². The van der Waals surface area contributed by atoms with Gasteiger partial charge in [-0.2, -0.15) is 0 Å². The van der Waals surface area contributed by atoms with Crippen LogP contribution in [0.15, 0.2) is 24.3 Å². The van der Waals surface area contributed by atoms with Crippen LogP contribution in [0.2, 0.25) is 5.02 Å². The van der Waals surface area contributed by atoms with Gasteiger partial charge in [0.2, 0.25) is 0 Å². The SMILES string of the molecule is COCCC1CCN(C(=O)COc2ccc(Cl)cc2)CC1. The minimum atomic E-state index is 0.0511. The number of ether oxygens (including phenoxy) is 2. The maximum Gasteiger partial charge on any atom is 0.260 e. The predicted molar refractivity (Wildman–Crippen MR) is 82.7 cm³/mol. The number of halogens is 1. The van der Waals surface area contributed by atoms with Crippen LogP contribution in [0.4, 0.5) is 0 Å². The first kappa shape index (κ1) is 16.1. The molecule has 1 amide bonds. The number of rotatable bonds is 6. The van der Waals surface area contributed by atoms with Gasteiger partial charge in [-0.05, 0) is 49.4 Å². The van der Waals surface area contributed by atoms with E-state index >= 15 is 0 Å². The highest BCUT2D eigenvalue weighted by atomic mass is 35.5. The Hall–Kier alpha value is -1.26. The van der Waals surface area contributed by atoms with E-state index in [1.54, 1.807) is 31.4 Å². The number of hydrogen-bond donors (Lipinski definition) is 0. The lowest BCUT2D eigenvalue weighted by Crippen LogP contribution is -2.41. The molecule has 1 heterocycles. The average Bonchev–Trinajstić information content (AvgIpc) is 2.52. The van der Waals surface area contributed by atoms with E-state index in [9.17, 15) is 4.79 Å². The van der Waals surface area contributed by atoms with Crippen molar-refractivity contribution in [2.75, 3.05) is 33.4 Å². The molecule has 0 atom stereocenters. The Kier molecular flexibility index (Phi) is 6.33. The number of carbonyl (C=O) groups is 1. The topological polar surface area (TPSA) is 38.8 Å². The van der Waals surface area contributed by atoms with Crippen molar-refractivity contribution < 1.29 is 14.3 Å². The van der Waals surface area contributed by atoms with Crippen LogP contribution in [0.5, 0.6) is 5.75 Å². The molecule has 0 N–H and O–H groups in total. The van der Waals surface area contributed by atoms with E-state index in [-0.39, 0.29) is 12.5 Å². The molecule has 0 saturated carbocycles. The van der Waals surface area contributed by atoms with Gasteiger partial charge in [0.15, 0.2) is 6.61 Å². The van der Waals surface area contributed by atoms with Gasteiger partial charge >= 0.3 is 0 Å². The molecule has 1 fully saturated rings. The summed E-state index contributed by atoms with van der Waals surface area (Å²) in [5, 5.41) is 0.659. The van der Waals surface area contributed by atoms with Crippen LogP contribution in [-0.2, 0) is 9.53 Å². The molecule has 0 aromatic heterocycles. The second-order valence-electron chi connectivity index (χ2n) is 5.35. The van der Waals surface area contributed by atoms with Crippen LogP contribution < -0.4 is 4.74 Å². The molecule has 1 aromatic carbocycles. The third-order valence-electron chi connectivity index (χ3n) is 3.87. The minimum absolute atomic E-state index is 0.0511. The van der Waals surface area contributed by atoms with E-state index in [1.165, 1.54) is 0 Å². The van der Waals surface area contributed by atoms with E-state index in [2.05, 4.69) is 0 Å². The van der Waals surface area contributed by atoms with Gasteiger partial charge in [-0.1, -0.05) is 11.6 Å². The fourth-order valence-electron chi connectivity index (χ4n) is 2.52. The number of carbonyl (C=O) groups excluding carboxylic acids is 1. The van der Waals surface area contributed by atoms with Crippen LogP contribution in [0.25, 0.3) is 0 Å². The van der Waals surface area contributed by atoms with E-state index in [0.717, 1.165) is 39.0 Å². The summed E-state index contributed by atoms with van der Waals surface area (Å²) < 4.78 is 10.6. The van der Waals surface area contributed by atoms with Crippen LogP contribution >= 0.6 is 11.6 Å². The second-order valence-corrected chi connectivity index (χ2v) is 5.78. The first-order valence-corrected chi connectivity index (χ1v) is 7.72. The van der Waals surface area contributed by atoms with Gasteiger partial charge in [-0.3, -0.25) is 4.79 Å². The van der Waals surface area contributed by atoms with Crippen molar-refractivity contribution in [1.82, 2.24) is 4.90 Å². The molecule has 2 rings (SSSR count). The third kappa shape index (κ3) is 5.21. The first-order chi connectivity index (χ1) is 10.2. The highest BCUT2D eigenvalue weighted by molar-refractivity contribution is 6.30. The number of piperidine rings is 1. The molecule has 5 heteroatoms. The van der Waals surface area contributed by atoms with Gasteiger partial charge in [0.1, 0.15) is 5.75 Å². The van der Waals surface area contributed by atoms with Gasteiger partial charge in [0.25, 0.3) is 5.91 Å². The molecule has 21 heavy (non-hydrogen) atoms. The molecule has 0 bridgehead atoms. The Morgan fingerprint density at radius 3 is 2.57 bits per heavy atom. The van der Waals surface area contributed by atoms with Crippen molar-refractivity contribution in [3.05, 3.63) is 29.3 Å². The number of methoxy groups -OCH3 is 1. The average molecular weight is 312 g/mol. The van der Waals surface area contributed by atoms with Crippen LogP contribution in [0.3, 0.4) is 0 Å². The summed E-state index contributed by atoms with van der Waals surface area (Å²) >= 11 is 5.81. The largest absolute Gasteiger partial charge is 0.484 e. The maximum absolute atomic E-state index is 12.1. The first-order valence-electron chi connectivity index (χ1n) is 7.34. The highest BCUT2D eigenvalue weighted by Crippen LogP contribution is 2.21. The number of nitrogens with zero attached hydrogens (tertiary/aromatic N) is 1. The minimum Gasteiger partial charge on any atom is -0.484 e. The van der Waals surface area contributed by atoms with Crippen LogP contribution in [0, 0.1) is 5.92 Å². The molecule has 0 spiro atoms. The smallest absolute Gasteiger partial charge is 0.260 e. The van der Waals surface area contributed by atoms with E-state index < -0.39 is 0 Å². The molecular formula is C16H22ClNO3. The maximum atomic E-state index is 12.1. The van der Waals surface area contributed by atoms with Crippen molar-refractivity contribution in [3.8, 4) is 5.75 Å². The Labute approximate surface area is 131 Å². The third-order valence-corrected chi connectivity index (χ3v) is 4.13. The predicted octanol–water partition coefficient (Wildman–Crippen LogP) is 2.99. The molecule has 0 radical (unpaired) electrons. The number of benzene rings is 1. The van der Waals surface area contributed by atoms with Crippen molar-refractivity contribution in [1.29, 1.82) is 0 Å². The molecule has 1 aliphatic rings. The van der Waals surface area contributed by atoms with Gasteiger partial charge in [0, 0.05) is 31.8 Å². The van der Waals surface area contributed by atoms with E-state index in [4.69, 9.17) is 21.1 Å². The number of hydrogen-bond acceptors (Lipinski definition) is 3. The fourth-order valence-corrected chi connectivity index (χ4v) is 2.65. The van der Waals surface area contributed by atoms with E-state index in [0.29, 0.717) is 16.7 Å². The van der Waals surface area contributed by atoms with Gasteiger partial charge in [-0.25, -0.2) is 0 Å². The summed E-state index contributed by atoms with van der Waals surface area (Å²) in [5.74, 6) is 1.39. The molecule has 1 saturated heterocycles. The summed E-state index contributed by atoms with van der Waals surface area (Å²) in [7, 11) is 1.73. The quantitative estimate of drug-likeness (QED) is 0.810. The Morgan fingerprint density at radius 1 is 1.29 bits per heavy atom. The second kappa shape index (κ2) is 8.25. The summed E-state index contributed by atoms with van der Waals surface area (Å²) in [6, 6.07) is 7.05. The summed E-state index contributed by atoms with van der Waals surface area (Å²) in [4.78, 5) is 14.0. The fraction of sp³-hybridized carbons (Fsp3) is 0.562. The van der Waals surface area contributed by atoms with Gasteiger partial charge in [-0.15, -0.1) is 0 Å². The van der Waals surface area contributed by atoms with Crippen molar-refractivity contribution in [2.45, 2.75) is 19.3 Å². The zero-order valence-corrected chi connectivity index (χ0v) is 13.1. The number of likely N-dealkylation sites (tertiary alicyclic amines) is 1. The normalized spacial score (nSPS) is 16.0. The molecular weight excluding hydrogens is 290 g/mol. The zero-order valence-electron chi connectivity index (χ0n) is 12.4. The lowest BCUT2D eigenvalue weighted by Gasteiger charge is -2.31. The van der Waals surface area contributed by atoms with Crippen molar-refractivity contribution >= 4 is 17.5 Å². The lowest BCUT2D eigenvalue weighted by atomic mass is 9.94.